The average Bonchev–Trinajstić information content (AvgIpc) is 2.53. The Labute approximate surface area is 124 Å². The van der Waals surface area contributed by atoms with Gasteiger partial charge in [-0.15, -0.1) is 10.2 Å². The van der Waals surface area contributed by atoms with Crippen LogP contribution in [0.2, 0.25) is 0 Å². The third-order valence-corrected chi connectivity index (χ3v) is 3.50. The normalized spacial score (nSPS) is 15.9. The Morgan fingerprint density at radius 3 is 2.62 bits per heavy atom. The predicted octanol–water partition coefficient (Wildman–Crippen LogP) is 0.703. The van der Waals surface area contributed by atoms with Crippen LogP contribution < -0.4 is 10.6 Å². The van der Waals surface area contributed by atoms with Gasteiger partial charge in [-0.1, -0.05) is 13.8 Å². The molecule has 0 aromatic carbocycles. The van der Waals surface area contributed by atoms with Crippen molar-refractivity contribution in [3.05, 3.63) is 11.4 Å². The van der Waals surface area contributed by atoms with Gasteiger partial charge in [0.1, 0.15) is 6.61 Å². The minimum absolute atomic E-state index is 0.0328. The van der Waals surface area contributed by atoms with Crippen molar-refractivity contribution in [2.24, 2.45) is 0 Å². The third-order valence-electron chi connectivity index (χ3n) is 3.50. The Hall–Kier alpha value is -1.60. The van der Waals surface area contributed by atoms with Gasteiger partial charge in [0.25, 0.3) is 5.91 Å². The van der Waals surface area contributed by atoms with Gasteiger partial charge in [-0.25, -0.2) is 4.98 Å². The number of nitrogens with one attached hydrogen (secondary N) is 2. The molecule has 1 amide bonds. The Bertz CT molecular complexity index is 474. The van der Waals surface area contributed by atoms with Crippen molar-refractivity contribution in [3.63, 3.8) is 0 Å². The number of amides is 1. The van der Waals surface area contributed by atoms with Crippen LogP contribution in [0.25, 0.3) is 0 Å². The zero-order valence-electron chi connectivity index (χ0n) is 12.7. The fourth-order valence-corrected chi connectivity index (χ4v) is 2.31. The lowest BCUT2D eigenvalue weighted by molar-refractivity contribution is -0.123. The van der Waals surface area contributed by atoms with Crippen LogP contribution >= 0.6 is 0 Å². The molecule has 0 radical (unpaired) electrons. The zero-order chi connectivity index (χ0) is 15.1. The number of anilines is 1. The number of hydrogen-bond acceptors (Lipinski definition) is 6. The van der Waals surface area contributed by atoms with Crippen LogP contribution in [0.1, 0.15) is 38.1 Å². The summed E-state index contributed by atoms with van der Waals surface area (Å²) < 4.78 is 5.59. The molecule has 21 heavy (non-hydrogen) atoms. The molecular weight excluding hydrogens is 270 g/mol. The summed E-state index contributed by atoms with van der Waals surface area (Å²) in [6.07, 6.45) is 3.60. The molecule has 1 aliphatic rings. The molecule has 0 saturated carbocycles. The van der Waals surface area contributed by atoms with E-state index in [2.05, 4.69) is 25.8 Å². The number of carbonyl (C=O) groups is 1. The first-order chi connectivity index (χ1) is 10.2. The van der Waals surface area contributed by atoms with E-state index >= 15 is 0 Å². The molecule has 1 saturated heterocycles. The number of aryl methyl sites for hydroxylation is 2. The van der Waals surface area contributed by atoms with E-state index < -0.39 is 0 Å². The second kappa shape index (κ2) is 7.99. The van der Waals surface area contributed by atoms with Crippen molar-refractivity contribution in [1.29, 1.82) is 0 Å². The van der Waals surface area contributed by atoms with E-state index in [4.69, 9.17) is 4.74 Å². The van der Waals surface area contributed by atoms with Gasteiger partial charge in [-0.3, -0.25) is 10.1 Å². The van der Waals surface area contributed by atoms with Crippen LogP contribution in [0.5, 0.6) is 0 Å². The molecule has 1 aliphatic heterocycles. The topological polar surface area (TPSA) is 89.0 Å². The molecule has 7 heteroatoms. The van der Waals surface area contributed by atoms with Gasteiger partial charge < -0.3 is 10.1 Å². The second-order valence-electron chi connectivity index (χ2n) is 5.04. The highest BCUT2D eigenvalue weighted by atomic mass is 16.5. The molecule has 7 nitrogen and oxygen atoms in total. The first kappa shape index (κ1) is 15.8. The van der Waals surface area contributed by atoms with E-state index in [9.17, 15) is 4.79 Å². The van der Waals surface area contributed by atoms with Crippen molar-refractivity contribution in [3.8, 4) is 0 Å². The van der Waals surface area contributed by atoms with E-state index in [1.807, 2.05) is 13.8 Å². The van der Waals surface area contributed by atoms with Crippen LogP contribution in [0.4, 0.5) is 5.95 Å². The van der Waals surface area contributed by atoms with Crippen molar-refractivity contribution >= 4 is 11.9 Å². The number of nitrogens with zero attached hydrogens (tertiary/aromatic N) is 3. The summed E-state index contributed by atoms with van der Waals surface area (Å²) >= 11 is 0. The average molecular weight is 293 g/mol. The van der Waals surface area contributed by atoms with Crippen molar-refractivity contribution in [2.45, 2.75) is 45.6 Å². The van der Waals surface area contributed by atoms with E-state index in [1.54, 1.807) is 0 Å². The molecule has 2 heterocycles. The maximum Gasteiger partial charge on any atom is 0.252 e. The molecule has 0 atom stereocenters. The fraction of sp³-hybridized carbons (Fsp3) is 0.714. The molecule has 2 rings (SSSR count). The molecule has 0 spiro atoms. The minimum atomic E-state index is -0.235. The Morgan fingerprint density at radius 1 is 1.24 bits per heavy atom. The third kappa shape index (κ3) is 4.71. The summed E-state index contributed by atoms with van der Waals surface area (Å²) in [6.45, 7) is 5.94. The quantitative estimate of drug-likeness (QED) is 0.802. The minimum Gasteiger partial charge on any atom is -0.368 e. The molecule has 1 aromatic rings. The first-order valence-electron chi connectivity index (χ1n) is 7.57. The number of aromatic nitrogens is 3. The van der Waals surface area contributed by atoms with Crippen molar-refractivity contribution in [1.82, 2.24) is 20.5 Å². The monoisotopic (exact) mass is 293 g/mol. The number of ether oxygens (including phenoxy) is 1. The Balaban J connectivity index is 1.84. The predicted molar refractivity (Wildman–Crippen MR) is 79.1 cm³/mol. The van der Waals surface area contributed by atoms with Gasteiger partial charge in [0, 0.05) is 0 Å². The summed E-state index contributed by atoms with van der Waals surface area (Å²) in [6, 6.07) is 0. The highest BCUT2D eigenvalue weighted by molar-refractivity contribution is 5.89. The van der Waals surface area contributed by atoms with E-state index in [-0.39, 0.29) is 24.6 Å². The molecule has 1 fully saturated rings. The molecule has 116 valence electrons. The fourth-order valence-electron chi connectivity index (χ4n) is 2.31. The maximum atomic E-state index is 11.8. The number of carbonyl (C=O) groups excluding carboxylic acids is 1. The van der Waals surface area contributed by atoms with Crippen LogP contribution in [-0.2, 0) is 22.4 Å². The smallest absolute Gasteiger partial charge is 0.252 e. The summed E-state index contributed by atoms with van der Waals surface area (Å²) in [4.78, 5) is 16.2. The maximum absolute atomic E-state index is 11.8. The molecule has 0 bridgehead atoms. The SMILES string of the molecule is CCc1nnc(NC(=O)COC2CCNCC2)nc1CC. The standard InChI is InChI=1S/C14H23N5O2/c1-3-11-12(4-2)18-19-14(16-11)17-13(20)9-21-10-5-7-15-8-6-10/h10,15H,3-9H2,1-2H3,(H,16,17,19,20). The highest BCUT2D eigenvalue weighted by Gasteiger charge is 2.15. The first-order valence-corrected chi connectivity index (χ1v) is 7.57. The van der Waals surface area contributed by atoms with Crippen molar-refractivity contribution < 1.29 is 9.53 Å². The van der Waals surface area contributed by atoms with E-state index in [0.29, 0.717) is 0 Å². The van der Waals surface area contributed by atoms with Gasteiger partial charge in [0.05, 0.1) is 17.5 Å². The molecule has 1 aromatic heterocycles. The highest BCUT2D eigenvalue weighted by Crippen LogP contribution is 2.08. The van der Waals surface area contributed by atoms with Crippen LogP contribution in [0.15, 0.2) is 0 Å². The summed E-state index contributed by atoms with van der Waals surface area (Å²) in [5, 5.41) is 13.9. The van der Waals surface area contributed by atoms with E-state index in [0.717, 1.165) is 50.2 Å². The Morgan fingerprint density at radius 2 is 1.95 bits per heavy atom. The summed E-state index contributed by atoms with van der Waals surface area (Å²) in [7, 11) is 0. The number of hydrogen-bond donors (Lipinski definition) is 2. The summed E-state index contributed by atoms with van der Waals surface area (Å²) in [5.74, 6) is 0.0181. The van der Waals surface area contributed by atoms with Gasteiger partial charge >= 0.3 is 0 Å². The van der Waals surface area contributed by atoms with E-state index in [1.165, 1.54) is 0 Å². The zero-order valence-corrected chi connectivity index (χ0v) is 12.7. The van der Waals surface area contributed by atoms with Gasteiger partial charge in [-0.05, 0) is 38.8 Å². The molecule has 0 aliphatic carbocycles. The molecule has 0 unspecified atom stereocenters. The van der Waals surface area contributed by atoms with Crippen LogP contribution in [0, 0.1) is 0 Å². The van der Waals surface area contributed by atoms with Gasteiger partial charge in [0.15, 0.2) is 0 Å². The lowest BCUT2D eigenvalue weighted by atomic mass is 10.1. The molecule has 2 N–H and O–H groups in total. The Kier molecular flexibility index (Phi) is 6.01. The van der Waals surface area contributed by atoms with Crippen LogP contribution in [0.3, 0.4) is 0 Å². The second-order valence-corrected chi connectivity index (χ2v) is 5.04. The number of rotatable bonds is 6. The van der Waals surface area contributed by atoms with Gasteiger partial charge in [-0.2, -0.15) is 0 Å². The van der Waals surface area contributed by atoms with Crippen molar-refractivity contribution in [2.75, 3.05) is 25.0 Å². The molecular formula is C14H23N5O2. The summed E-state index contributed by atoms with van der Waals surface area (Å²) in [5.41, 5.74) is 1.75. The number of piperidine rings is 1. The lowest BCUT2D eigenvalue weighted by Crippen LogP contribution is -2.34. The van der Waals surface area contributed by atoms with Gasteiger partial charge in [0.2, 0.25) is 5.95 Å². The lowest BCUT2D eigenvalue weighted by Gasteiger charge is -2.22. The van der Waals surface area contributed by atoms with Crippen LogP contribution in [-0.4, -0.2) is 46.9 Å². The largest absolute Gasteiger partial charge is 0.368 e.